The average Bonchev–Trinajstić information content (AvgIpc) is 3.08. The van der Waals surface area contributed by atoms with E-state index in [4.69, 9.17) is 0 Å². The van der Waals surface area contributed by atoms with Crippen LogP contribution in [0.1, 0.15) is 64.7 Å². The molecule has 0 spiro atoms. The Kier molecular flexibility index (Phi) is 3.90. The Bertz CT molecular complexity index is 371. The smallest absolute Gasteiger partial charge is 0.243 e. The molecule has 0 aromatic heterocycles. The van der Waals surface area contributed by atoms with Gasteiger partial charge in [-0.25, -0.2) is 5.43 Å². The number of rotatable bonds is 3. The first-order valence-electron chi connectivity index (χ1n) is 8.08. The van der Waals surface area contributed by atoms with Crippen LogP contribution in [0, 0.1) is 23.7 Å². The van der Waals surface area contributed by atoms with E-state index in [1.54, 1.807) is 0 Å². The summed E-state index contributed by atoms with van der Waals surface area (Å²) < 4.78 is 0. The van der Waals surface area contributed by atoms with Crippen LogP contribution in [0.5, 0.6) is 0 Å². The topological polar surface area (TPSA) is 41.5 Å². The second kappa shape index (κ2) is 5.64. The third kappa shape index (κ3) is 2.85. The van der Waals surface area contributed by atoms with Crippen molar-refractivity contribution in [1.29, 1.82) is 0 Å². The van der Waals surface area contributed by atoms with Crippen molar-refractivity contribution in [2.24, 2.45) is 28.8 Å². The summed E-state index contributed by atoms with van der Waals surface area (Å²) >= 11 is 0. The van der Waals surface area contributed by atoms with Crippen molar-refractivity contribution >= 4 is 11.6 Å². The summed E-state index contributed by atoms with van der Waals surface area (Å²) in [6.45, 7) is 2.10. The van der Waals surface area contributed by atoms with Crippen molar-refractivity contribution in [1.82, 2.24) is 5.43 Å². The standard InChI is InChI=1S/C16H26N2O/c1-11(15-10-12-7-8-14(15)9-12)17-18-16(19)13-5-3-2-4-6-13/h12-15H,2-10H2,1H3,(H,18,19)/b17-11+. The number of hydrogen-bond acceptors (Lipinski definition) is 2. The molecule has 3 unspecified atom stereocenters. The average molecular weight is 262 g/mol. The summed E-state index contributed by atoms with van der Waals surface area (Å²) in [5, 5.41) is 4.42. The van der Waals surface area contributed by atoms with Gasteiger partial charge in [-0.05, 0) is 50.9 Å². The molecule has 3 aliphatic carbocycles. The molecule has 0 aliphatic heterocycles. The van der Waals surface area contributed by atoms with Crippen molar-refractivity contribution in [2.45, 2.75) is 64.7 Å². The van der Waals surface area contributed by atoms with Gasteiger partial charge in [0, 0.05) is 17.5 Å². The fourth-order valence-corrected chi connectivity index (χ4v) is 4.44. The fourth-order valence-electron chi connectivity index (χ4n) is 4.44. The van der Waals surface area contributed by atoms with Gasteiger partial charge in [-0.3, -0.25) is 4.79 Å². The first-order valence-corrected chi connectivity index (χ1v) is 8.08. The van der Waals surface area contributed by atoms with E-state index < -0.39 is 0 Å². The van der Waals surface area contributed by atoms with Crippen LogP contribution in [0.4, 0.5) is 0 Å². The van der Waals surface area contributed by atoms with Crippen molar-refractivity contribution in [3.63, 3.8) is 0 Å². The first-order chi connectivity index (χ1) is 9.24. The molecular weight excluding hydrogens is 236 g/mol. The number of carbonyl (C=O) groups is 1. The van der Waals surface area contributed by atoms with Crippen LogP contribution < -0.4 is 5.43 Å². The number of nitrogens with zero attached hydrogens (tertiary/aromatic N) is 1. The monoisotopic (exact) mass is 262 g/mol. The Morgan fingerprint density at radius 1 is 1.05 bits per heavy atom. The lowest BCUT2D eigenvalue weighted by Crippen LogP contribution is -2.30. The molecule has 1 amide bonds. The molecule has 3 fully saturated rings. The van der Waals surface area contributed by atoms with E-state index in [1.165, 1.54) is 44.9 Å². The normalized spacial score (nSPS) is 35.6. The van der Waals surface area contributed by atoms with Crippen LogP contribution >= 0.6 is 0 Å². The molecule has 3 nitrogen and oxygen atoms in total. The number of hydrogen-bond donors (Lipinski definition) is 1. The maximum absolute atomic E-state index is 12.1. The molecule has 3 heteroatoms. The number of hydrazone groups is 1. The first kappa shape index (κ1) is 13.1. The van der Waals surface area contributed by atoms with E-state index in [-0.39, 0.29) is 11.8 Å². The maximum Gasteiger partial charge on any atom is 0.243 e. The van der Waals surface area contributed by atoms with Crippen LogP contribution in [-0.2, 0) is 4.79 Å². The zero-order valence-electron chi connectivity index (χ0n) is 12.0. The molecule has 3 saturated carbocycles. The minimum atomic E-state index is 0.155. The third-order valence-electron chi connectivity index (χ3n) is 5.59. The SMILES string of the molecule is C/C(=N\NC(=O)C1CCCCC1)C1CC2CCC1C2. The van der Waals surface area contributed by atoms with Crippen LogP contribution in [0.25, 0.3) is 0 Å². The van der Waals surface area contributed by atoms with Gasteiger partial charge in [0.15, 0.2) is 0 Å². The highest BCUT2D eigenvalue weighted by atomic mass is 16.2. The molecule has 0 aromatic carbocycles. The van der Waals surface area contributed by atoms with Gasteiger partial charge in [0.05, 0.1) is 0 Å². The molecule has 3 rings (SSSR count). The molecular formula is C16H26N2O. The Balaban J connectivity index is 1.52. The van der Waals surface area contributed by atoms with Crippen molar-refractivity contribution in [3.05, 3.63) is 0 Å². The number of nitrogens with one attached hydrogen (secondary N) is 1. The summed E-state index contributed by atoms with van der Waals surface area (Å²) in [5.41, 5.74) is 4.00. The molecule has 0 saturated heterocycles. The second-order valence-electron chi connectivity index (χ2n) is 6.85. The van der Waals surface area contributed by atoms with Crippen molar-refractivity contribution < 1.29 is 4.79 Å². The summed E-state index contributed by atoms with van der Waals surface area (Å²) in [4.78, 5) is 12.1. The molecule has 0 radical (unpaired) electrons. The van der Waals surface area contributed by atoms with Gasteiger partial charge in [0.2, 0.25) is 5.91 Å². The second-order valence-corrected chi connectivity index (χ2v) is 6.85. The minimum absolute atomic E-state index is 0.155. The Labute approximate surface area is 116 Å². The van der Waals surface area contributed by atoms with E-state index in [0.717, 1.165) is 30.4 Å². The largest absolute Gasteiger partial charge is 0.273 e. The minimum Gasteiger partial charge on any atom is -0.273 e. The Hall–Kier alpha value is -0.860. The van der Waals surface area contributed by atoms with E-state index in [2.05, 4.69) is 17.5 Å². The summed E-state index contributed by atoms with van der Waals surface area (Å²) in [5.74, 6) is 2.80. The number of carbonyl (C=O) groups excluding carboxylic acids is 1. The predicted octanol–water partition coefficient (Wildman–Crippen LogP) is 3.50. The van der Waals surface area contributed by atoms with Crippen molar-refractivity contribution in [3.8, 4) is 0 Å². The van der Waals surface area contributed by atoms with Gasteiger partial charge < -0.3 is 0 Å². The van der Waals surface area contributed by atoms with E-state index in [9.17, 15) is 4.79 Å². The lowest BCUT2D eigenvalue weighted by molar-refractivity contribution is -0.125. The molecule has 106 valence electrons. The molecule has 0 heterocycles. The maximum atomic E-state index is 12.1. The van der Waals surface area contributed by atoms with Crippen LogP contribution in [0.15, 0.2) is 5.10 Å². The lowest BCUT2D eigenvalue weighted by atomic mass is 9.86. The van der Waals surface area contributed by atoms with Crippen LogP contribution in [-0.4, -0.2) is 11.6 Å². The van der Waals surface area contributed by atoms with E-state index in [1.807, 2.05) is 0 Å². The van der Waals surface area contributed by atoms with Gasteiger partial charge in [0.25, 0.3) is 0 Å². The van der Waals surface area contributed by atoms with Crippen LogP contribution in [0.3, 0.4) is 0 Å². The van der Waals surface area contributed by atoms with Gasteiger partial charge in [-0.2, -0.15) is 5.10 Å². The van der Waals surface area contributed by atoms with Gasteiger partial charge in [0.1, 0.15) is 0 Å². The van der Waals surface area contributed by atoms with Gasteiger partial charge in [-0.15, -0.1) is 0 Å². The molecule has 1 N–H and O–H groups in total. The molecule has 2 bridgehead atoms. The van der Waals surface area contributed by atoms with Gasteiger partial charge in [-0.1, -0.05) is 25.7 Å². The van der Waals surface area contributed by atoms with E-state index >= 15 is 0 Å². The number of fused-ring (bicyclic) bond motifs is 2. The zero-order chi connectivity index (χ0) is 13.2. The van der Waals surface area contributed by atoms with Gasteiger partial charge >= 0.3 is 0 Å². The highest BCUT2D eigenvalue weighted by Gasteiger charge is 2.40. The Morgan fingerprint density at radius 2 is 1.84 bits per heavy atom. The highest BCUT2D eigenvalue weighted by Crippen LogP contribution is 2.48. The molecule has 0 aromatic rings. The zero-order valence-corrected chi connectivity index (χ0v) is 12.0. The Morgan fingerprint density at radius 3 is 2.47 bits per heavy atom. The lowest BCUT2D eigenvalue weighted by Gasteiger charge is -2.22. The highest BCUT2D eigenvalue weighted by molar-refractivity contribution is 5.87. The predicted molar refractivity (Wildman–Crippen MR) is 76.8 cm³/mol. The molecule has 3 aliphatic rings. The summed E-state index contributed by atoms with van der Waals surface area (Å²) in [6, 6.07) is 0. The quantitative estimate of drug-likeness (QED) is 0.614. The summed E-state index contributed by atoms with van der Waals surface area (Å²) in [7, 11) is 0. The van der Waals surface area contributed by atoms with Crippen LogP contribution in [0.2, 0.25) is 0 Å². The van der Waals surface area contributed by atoms with E-state index in [0.29, 0.717) is 5.92 Å². The molecule has 3 atom stereocenters. The number of amides is 1. The fraction of sp³-hybridized carbons (Fsp3) is 0.875. The molecule has 19 heavy (non-hydrogen) atoms. The third-order valence-corrected chi connectivity index (χ3v) is 5.59. The van der Waals surface area contributed by atoms with Crippen molar-refractivity contribution in [2.75, 3.05) is 0 Å². The summed E-state index contributed by atoms with van der Waals surface area (Å²) in [6.07, 6.45) is 11.3.